The highest BCUT2D eigenvalue weighted by molar-refractivity contribution is 9.09. The summed E-state index contributed by atoms with van der Waals surface area (Å²) in [5, 5.41) is 18.5. The first-order chi connectivity index (χ1) is 5.58. The molecular weight excluding hydrogens is 227 g/mol. The zero-order valence-corrected chi connectivity index (χ0v) is 8.22. The highest BCUT2D eigenvalue weighted by atomic mass is 79.9. The van der Waals surface area contributed by atoms with Crippen molar-refractivity contribution in [2.24, 2.45) is 5.41 Å². The summed E-state index contributed by atoms with van der Waals surface area (Å²) in [6.07, 6.45) is -0.409. The van der Waals surface area contributed by atoms with E-state index in [-0.39, 0.29) is 11.4 Å². The zero-order chi connectivity index (χ0) is 9.35. The predicted octanol–water partition coefficient (Wildman–Crippen LogP) is 1.02. The van der Waals surface area contributed by atoms with Crippen LogP contribution in [0.4, 0.5) is 4.39 Å². The third kappa shape index (κ3) is 1.22. The molecular formula is C8H12BrFO2. The van der Waals surface area contributed by atoms with E-state index < -0.39 is 18.2 Å². The Hall–Kier alpha value is 0.0700. The molecule has 1 saturated carbocycles. The van der Waals surface area contributed by atoms with Crippen LogP contribution in [0.15, 0.2) is 12.2 Å². The molecule has 2 nitrogen and oxygen atoms in total. The van der Waals surface area contributed by atoms with Gasteiger partial charge < -0.3 is 10.2 Å². The minimum absolute atomic E-state index is 0.0876. The van der Waals surface area contributed by atoms with Crippen molar-refractivity contribution in [3.05, 3.63) is 12.2 Å². The van der Waals surface area contributed by atoms with Gasteiger partial charge in [-0.3, -0.25) is 0 Å². The first-order valence-corrected chi connectivity index (χ1v) is 4.68. The number of alkyl halides is 2. The van der Waals surface area contributed by atoms with Crippen LogP contribution in [-0.4, -0.2) is 34.4 Å². The van der Waals surface area contributed by atoms with E-state index in [1.54, 1.807) is 0 Å². The molecule has 1 aliphatic carbocycles. The number of rotatable bonds is 2. The van der Waals surface area contributed by atoms with Crippen LogP contribution in [0.25, 0.3) is 0 Å². The number of aliphatic hydroxyl groups excluding tert-OH is 2. The molecule has 12 heavy (non-hydrogen) atoms. The van der Waals surface area contributed by atoms with Gasteiger partial charge in [0.1, 0.15) is 6.67 Å². The van der Waals surface area contributed by atoms with Gasteiger partial charge in [0, 0.05) is 4.83 Å². The average molecular weight is 239 g/mol. The molecule has 70 valence electrons. The Labute approximate surface area is 79.2 Å². The van der Waals surface area contributed by atoms with E-state index in [1.165, 1.54) is 0 Å². The Bertz CT molecular complexity index is 191. The lowest BCUT2D eigenvalue weighted by atomic mass is 9.83. The first kappa shape index (κ1) is 10.2. The van der Waals surface area contributed by atoms with Crippen molar-refractivity contribution in [1.82, 2.24) is 0 Å². The van der Waals surface area contributed by atoms with Crippen molar-refractivity contribution in [2.75, 3.05) is 13.3 Å². The topological polar surface area (TPSA) is 40.5 Å². The van der Waals surface area contributed by atoms with E-state index in [1.807, 2.05) is 0 Å². The van der Waals surface area contributed by atoms with Crippen LogP contribution in [0, 0.1) is 5.41 Å². The number of aliphatic hydroxyl groups is 2. The smallest absolute Gasteiger partial charge is 0.103 e. The van der Waals surface area contributed by atoms with E-state index in [0.29, 0.717) is 12.0 Å². The molecule has 1 rings (SSSR count). The Morgan fingerprint density at radius 3 is 2.50 bits per heavy atom. The van der Waals surface area contributed by atoms with Gasteiger partial charge in [0.25, 0.3) is 0 Å². The summed E-state index contributed by atoms with van der Waals surface area (Å²) in [6, 6.07) is 0. The Balaban J connectivity index is 2.93. The van der Waals surface area contributed by atoms with E-state index in [4.69, 9.17) is 5.11 Å². The number of halogens is 2. The van der Waals surface area contributed by atoms with Crippen LogP contribution in [0.1, 0.15) is 6.42 Å². The van der Waals surface area contributed by atoms with Gasteiger partial charge in [-0.15, -0.1) is 0 Å². The minimum atomic E-state index is -1.13. The fraction of sp³-hybridized carbons (Fsp3) is 0.750. The monoisotopic (exact) mass is 238 g/mol. The molecule has 0 amide bonds. The maximum absolute atomic E-state index is 12.6. The molecule has 0 aliphatic heterocycles. The highest BCUT2D eigenvalue weighted by Gasteiger charge is 2.49. The lowest BCUT2D eigenvalue weighted by molar-refractivity contribution is 0.0112. The van der Waals surface area contributed by atoms with Gasteiger partial charge in [-0.1, -0.05) is 22.5 Å². The maximum atomic E-state index is 12.6. The van der Waals surface area contributed by atoms with E-state index in [2.05, 4.69) is 22.5 Å². The highest BCUT2D eigenvalue weighted by Crippen LogP contribution is 2.45. The summed E-state index contributed by atoms with van der Waals surface area (Å²) in [4.78, 5) is -0.0876. The average Bonchev–Trinajstić information content (AvgIpc) is 2.26. The fourth-order valence-electron chi connectivity index (χ4n) is 1.51. The second-order valence-corrected chi connectivity index (χ2v) is 4.30. The third-order valence-corrected chi connectivity index (χ3v) is 3.53. The van der Waals surface area contributed by atoms with E-state index >= 15 is 0 Å². The van der Waals surface area contributed by atoms with Crippen molar-refractivity contribution in [3.8, 4) is 0 Å². The molecule has 0 aromatic carbocycles. The Kier molecular flexibility index (Phi) is 2.91. The summed E-state index contributed by atoms with van der Waals surface area (Å²) in [7, 11) is 0. The van der Waals surface area contributed by atoms with E-state index in [0.717, 1.165) is 0 Å². The van der Waals surface area contributed by atoms with Gasteiger partial charge in [0.05, 0.1) is 18.1 Å². The van der Waals surface area contributed by atoms with Gasteiger partial charge >= 0.3 is 0 Å². The normalized spacial score (nSPS) is 42.2. The lowest BCUT2D eigenvalue weighted by Gasteiger charge is -2.28. The van der Waals surface area contributed by atoms with E-state index in [9.17, 15) is 9.50 Å². The van der Waals surface area contributed by atoms with Crippen LogP contribution in [0.3, 0.4) is 0 Å². The second-order valence-electron chi connectivity index (χ2n) is 3.19. The molecule has 4 heteroatoms. The molecule has 0 spiro atoms. The Morgan fingerprint density at radius 1 is 1.75 bits per heavy atom. The molecule has 0 aromatic rings. The molecule has 1 aliphatic rings. The first-order valence-electron chi connectivity index (χ1n) is 3.76. The predicted molar refractivity (Wildman–Crippen MR) is 48.0 cm³/mol. The number of hydrogen-bond donors (Lipinski definition) is 2. The van der Waals surface area contributed by atoms with Crippen LogP contribution in [0.2, 0.25) is 0 Å². The van der Waals surface area contributed by atoms with Crippen molar-refractivity contribution < 1.29 is 14.6 Å². The summed E-state index contributed by atoms with van der Waals surface area (Å²) in [6.45, 7) is 2.53. The van der Waals surface area contributed by atoms with Crippen LogP contribution >= 0.6 is 15.9 Å². The summed E-state index contributed by atoms with van der Waals surface area (Å²) in [5.74, 6) is 0. The molecule has 0 saturated heterocycles. The molecule has 3 atom stereocenters. The number of hydrogen-bond acceptors (Lipinski definition) is 2. The summed E-state index contributed by atoms with van der Waals surface area (Å²) >= 11 is 3.26. The maximum Gasteiger partial charge on any atom is 0.103 e. The van der Waals surface area contributed by atoms with Crippen LogP contribution in [-0.2, 0) is 0 Å². The molecule has 0 unspecified atom stereocenters. The lowest BCUT2D eigenvalue weighted by Crippen LogP contribution is -2.37. The van der Waals surface area contributed by atoms with Crippen LogP contribution < -0.4 is 0 Å². The van der Waals surface area contributed by atoms with Crippen molar-refractivity contribution in [3.63, 3.8) is 0 Å². The van der Waals surface area contributed by atoms with Gasteiger partial charge in [-0.05, 0) is 12.0 Å². The van der Waals surface area contributed by atoms with Crippen molar-refractivity contribution >= 4 is 15.9 Å². The van der Waals surface area contributed by atoms with Crippen molar-refractivity contribution in [1.29, 1.82) is 0 Å². The molecule has 0 aromatic heterocycles. The molecule has 0 radical (unpaired) electrons. The van der Waals surface area contributed by atoms with Gasteiger partial charge in [-0.2, -0.15) is 0 Å². The fourth-order valence-corrected chi connectivity index (χ4v) is 2.32. The summed E-state index contributed by atoms with van der Waals surface area (Å²) < 4.78 is 12.6. The summed E-state index contributed by atoms with van der Waals surface area (Å²) in [5.41, 5.74) is -0.575. The zero-order valence-electron chi connectivity index (χ0n) is 6.63. The van der Waals surface area contributed by atoms with Crippen molar-refractivity contribution in [2.45, 2.75) is 17.4 Å². The van der Waals surface area contributed by atoms with Gasteiger partial charge in [-0.25, -0.2) is 4.39 Å². The quantitative estimate of drug-likeness (QED) is 0.558. The van der Waals surface area contributed by atoms with Crippen LogP contribution in [0.5, 0.6) is 0 Å². The van der Waals surface area contributed by atoms with Gasteiger partial charge in [0.15, 0.2) is 0 Å². The largest absolute Gasteiger partial charge is 0.395 e. The van der Waals surface area contributed by atoms with Gasteiger partial charge in [0.2, 0.25) is 0 Å². The SMILES string of the molecule is C=C1[C@@H](Br)C[C@H](O)[C@]1(CO)CF. The standard InChI is InChI=1S/C8H12BrFO2/c1-5-6(9)2-7(12)8(5,3-10)4-11/h6-7,11-12H,1-4H2/t6-,7-,8-/m0/s1. The molecule has 1 fully saturated rings. The molecule has 2 N–H and O–H groups in total. The third-order valence-electron chi connectivity index (χ3n) is 2.61. The Morgan fingerprint density at radius 2 is 2.33 bits per heavy atom. The second kappa shape index (κ2) is 3.44. The molecule has 0 bridgehead atoms. The minimum Gasteiger partial charge on any atom is -0.395 e. The molecule has 0 heterocycles.